The van der Waals surface area contributed by atoms with Crippen molar-refractivity contribution in [2.45, 2.75) is 93.4 Å². The number of aryl methyl sites for hydroxylation is 2. The van der Waals surface area contributed by atoms with Crippen molar-refractivity contribution < 1.29 is 38.8 Å². The van der Waals surface area contributed by atoms with Crippen molar-refractivity contribution >= 4 is 38.5 Å². The van der Waals surface area contributed by atoms with Crippen LogP contribution in [0.25, 0.3) is 44.0 Å². The van der Waals surface area contributed by atoms with E-state index in [2.05, 4.69) is 42.2 Å². The molecule has 3 aromatic carbocycles. The number of ketones is 1. The molecule has 0 aliphatic heterocycles. The maximum absolute atomic E-state index is 14.8. The summed E-state index contributed by atoms with van der Waals surface area (Å²) >= 11 is 0. The van der Waals surface area contributed by atoms with E-state index < -0.39 is 0 Å². The molecule has 2 aromatic heterocycles. The summed E-state index contributed by atoms with van der Waals surface area (Å²) in [5, 5.41) is 13.8. The van der Waals surface area contributed by atoms with Crippen LogP contribution in [-0.2, 0) is 30.3 Å². The molecule has 0 bridgehead atoms. The molecule has 0 spiro atoms. The van der Waals surface area contributed by atoms with Crippen LogP contribution >= 0.6 is 0 Å². The van der Waals surface area contributed by atoms with Crippen LogP contribution in [0.1, 0.15) is 90.8 Å². The number of carbonyl (C=O) groups excluding carboxylic acids is 1. The fourth-order valence-corrected chi connectivity index (χ4v) is 5.99. The predicted molar refractivity (Wildman–Crippen MR) is 192 cm³/mol. The number of rotatable bonds is 8. The number of aliphatic hydroxyl groups is 1. The van der Waals surface area contributed by atoms with Crippen molar-refractivity contribution in [1.29, 1.82) is 0 Å². The van der Waals surface area contributed by atoms with Gasteiger partial charge in [-0.25, -0.2) is 4.39 Å². The van der Waals surface area contributed by atoms with E-state index in [1.54, 1.807) is 0 Å². The average molecular weight is 816 g/mol. The van der Waals surface area contributed by atoms with Crippen LogP contribution < -0.4 is 0 Å². The quantitative estimate of drug-likeness (QED) is 0.0963. The van der Waals surface area contributed by atoms with Gasteiger partial charge in [0.15, 0.2) is 5.78 Å². The van der Waals surface area contributed by atoms with E-state index in [-0.39, 0.29) is 62.1 Å². The maximum atomic E-state index is 14.8. The van der Waals surface area contributed by atoms with E-state index in [1.165, 1.54) is 17.7 Å². The number of aromatic nitrogens is 1. The second-order valence-electron chi connectivity index (χ2n) is 13.1. The zero-order chi connectivity index (χ0) is 33.1. The molecule has 255 valence electrons. The first-order chi connectivity index (χ1) is 21.3. The number of allylic oxidation sites excluding steroid dienone is 2. The van der Waals surface area contributed by atoms with E-state index in [0.717, 1.165) is 64.0 Å². The van der Waals surface area contributed by atoms with Crippen LogP contribution in [0.3, 0.4) is 0 Å². The van der Waals surface area contributed by atoms with Crippen LogP contribution in [0.2, 0.25) is 0 Å². The van der Waals surface area contributed by atoms with Crippen molar-refractivity contribution in [2.24, 2.45) is 11.8 Å². The van der Waals surface area contributed by atoms with Gasteiger partial charge >= 0.3 is 0 Å². The first-order valence-corrected chi connectivity index (χ1v) is 16.2. The van der Waals surface area contributed by atoms with E-state index in [1.807, 2.05) is 73.7 Å². The van der Waals surface area contributed by atoms with Gasteiger partial charge in [-0.1, -0.05) is 90.1 Å². The summed E-state index contributed by atoms with van der Waals surface area (Å²) < 4.78 is 21.0. The van der Waals surface area contributed by atoms with Crippen LogP contribution in [-0.4, -0.2) is 15.9 Å². The van der Waals surface area contributed by atoms with Crippen molar-refractivity contribution in [3.8, 4) is 11.3 Å². The van der Waals surface area contributed by atoms with Gasteiger partial charge in [-0.05, 0) is 72.2 Å². The van der Waals surface area contributed by atoms with Gasteiger partial charge < -0.3 is 21.9 Å². The van der Waals surface area contributed by atoms with Gasteiger partial charge in [-0.3, -0.25) is 4.79 Å². The zero-order valence-corrected chi connectivity index (χ0v) is 32.0. The molecule has 0 aliphatic rings. The van der Waals surface area contributed by atoms with Crippen molar-refractivity contribution in [3.05, 3.63) is 96.5 Å². The Morgan fingerprint density at radius 1 is 0.936 bits per heavy atom. The first-order valence-electron chi connectivity index (χ1n) is 16.2. The van der Waals surface area contributed by atoms with Crippen LogP contribution in [0, 0.1) is 45.0 Å². The Morgan fingerprint density at radius 2 is 1.57 bits per heavy atom. The number of fused-ring (bicyclic) bond motifs is 4. The van der Waals surface area contributed by atoms with Gasteiger partial charge in [0.25, 0.3) is 0 Å². The molecule has 0 saturated carbocycles. The Kier molecular flexibility index (Phi) is 14.1. The third kappa shape index (κ3) is 8.77. The molecule has 5 rings (SSSR count). The summed E-state index contributed by atoms with van der Waals surface area (Å²) in [4.78, 5) is 16.4. The maximum Gasteiger partial charge on any atom is 0.162 e. The topological polar surface area (TPSA) is 63.3 Å². The molecule has 1 N–H and O–H groups in total. The Labute approximate surface area is 294 Å². The van der Waals surface area contributed by atoms with Gasteiger partial charge in [-0.2, -0.15) is 0 Å². The number of benzene rings is 3. The fourth-order valence-electron chi connectivity index (χ4n) is 5.99. The fraction of sp³-hybridized carbons (Fsp3) is 0.390. The largest absolute Gasteiger partial charge is 0.512 e. The number of nitrogens with zero attached hydrogens (tertiary/aromatic N) is 1. The number of pyridine rings is 1. The molecule has 2 heterocycles. The van der Waals surface area contributed by atoms with Gasteiger partial charge in [0.2, 0.25) is 0 Å². The van der Waals surface area contributed by atoms with Gasteiger partial charge in [-0.15, -0.1) is 17.7 Å². The third-order valence-electron chi connectivity index (χ3n) is 8.77. The number of halogens is 1. The molecule has 47 heavy (non-hydrogen) atoms. The van der Waals surface area contributed by atoms with E-state index in [4.69, 9.17) is 4.42 Å². The van der Waals surface area contributed by atoms with E-state index in [0.29, 0.717) is 16.7 Å². The summed E-state index contributed by atoms with van der Waals surface area (Å²) in [5.41, 5.74) is 5.47. The predicted octanol–water partition coefficient (Wildman–Crippen LogP) is 12.0. The first kappa shape index (κ1) is 39.8. The van der Waals surface area contributed by atoms with E-state index in [9.17, 15) is 14.3 Å². The summed E-state index contributed by atoms with van der Waals surface area (Å²) in [7, 11) is 0. The molecular formula is C41H50FIrNO3-2. The van der Waals surface area contributed by atoms with Crippen molar-refractivity contribution in [3.63, 3.8) is 0 Å². The monoisotopic (exact) mass is 816 g/mol. The molecule has 0 amide bonds. The van der Waals surface area contributed by atoms with Gasteiger partial charge in [0.05, 0.1) is 11.3 Å². The number of carbonyl (C=O) groups is 1. The second kappa shape index (κ2) is 16.7. The molecule has 4 nitrogen and oxygen atoms in total. The Hall–Kier alpha value is -3.34. The average Bonchev–Trinajstić information content (AvgIpc) is 3.33. The molecule has 0 fully saturated rings. The summed E-state index contributed by atoms with van der Waals surface area (Å²) in [5.74, 6) is 0.307. The van der Waals surface area contributed by atoms with Crippen molar-refractivity contribution in [1.82, 2.24) is 4.98 Å². The minimum Gasteiger partial charge on any atom is -0.512 e. The molecule has 0 aliphatic carbocycles. The van der Waals surface area contributed by atoms with E-state index >= 15 is 0 Å². The van der Waals surface area contributed by atoms with Gasteiger partial charge in [0, 0.05) is 55.7 Å². The Balaban J connectivity index is 0.000000390. The van der Waals surface area contributed by atoms with Crippen LogP contribution in [0.4, 0.5) is 4.39 Å². The van der Waals surface area contributed by atoms with Gasteiger partial charge in [0.1, 0.15) is 11.4 Å². The number of aliphatic hydroxyl groups excluding tert-OH is 1. The number of hydrogen-bond acceptors (Lipinski definition) is 4. The number of hydrogen-bond donors (Lipinski definition) is 1. The van der Waals surface area contributed by atoms with Crippen molar-refractivity contribution in [2.75, 3.05) is 0 Å². The summed E-state index contributed by atoms with van der Waals surface area (Å²) in [6.45, 7) is 18.2. The smallest absolute Gasteiger partial charge is 0.162 e. The molecule has 5 aromatic rings. The standard InChI is InChI=1S/C27H23FNO.C13H24O2.CH3.Ir/c1-15-6-7-18-17(10-15)8-9-29-25(18)21-12-16(2)11-20-19-13-22(27(3,4)5)23(28)14-24(19)30-26(20)21;1-5-10(6-2)12(14)9-13(15)11(7-3)8-4;;/h6-11,13-14H,1-5H3;9-11,14H,5-8H2,1-4H3;1H3;/q-1;;-1;/b;12-9-;;. The molecule has 0 unspecified atom stereocenters. The summed E-state index contributed by atoms with van der Waals surface area (Å²) in [6.07, 6.45) is 6.72. The zero-order valence-electron chi connectivity index (χ0n) is 29.6. The molecule has 6 heteroatoms. The minimum absolute atomic E-state index is 0. The molecular weight excluding hydrogens is 766 g/mol. The molecule has 1 radical (unpaired) electrons. The normalized spacial score (nSPS) is 11.9. The minimum atomic E-state index is -0.296. The summed E-state index contributed by atoms with van der Waals surface area (Å²) in [6, 6.07) is 17.3. The molecule has 0 saturated heterocycles. The Bertz CT molecular complexity index is 1860. The van der Waals surface area contributed by atoms with Crippen LogP contribution in [0.5, 0.6) is 0 Å². The Morgan fingerprint density at radius 3 is 2.17 bits per heavy atom. The molecule has 0 atom stereocenters. The number of furan rings is 1. The SMILES string of the molecule is CCC(CC)C(=O)/C=C(\O)C(CC)CC.Cc1[c-]c(-c2nccc3cc(C)ccc23)c2oc3cc(F)c(C(C)(C)C)cc3c2c1.[CH3-].[Ir]. The third-order valence-corrected chi connectivity index (χ3v) is 8.77. The van der Waals surface area contributed by atoms with Crippen LogP contribution in [0.15, 0.2) is 64.9 Å². The second-order valence-corrected chi connectivity index (χ2v) is 13.1.